The van der Waals surface area contributed by atoms with E-state index in [-0.39, 0.29) is 19.3 Å². The Morgan fingerprint density at radius 2 is 0.515 bits per heavy atom. The van der Waals surface area contributed by atoms with Gasteiger partial charge in [-0.1, -0.05) is 328 Å². The molecule has 0 aliphatic heterocycles. The van der Waals surface area contributed by atoms with Crippen molar-refractivity contribution in [2.45, 2.75) is 360 Å². The number of phosphoric acid groups is 2. The Balaban J connectivity index is 4.50. The lowest BCUT2D eigenvalue weighted by Crippen LogP contribution is -2.30. The summed E-state index contributed by atoms with van der Waals surface area (Å²) in [6.07, 6.45) is 92.4. The Kier molecular flexibility index (Phi) is 74.5. The van der Waals surface area contributed by atoms with Crippen LogP contribution in [0.5, 0.6) is 0 Å². The third-order valence-corrected chi connectivity index (χ3v) is 19.1. The first kappa shape index (κ1) is 98.9. The maximum atomic E-state index is 13.0. The number of aliphatic hydroxyl groups excluding tert-OH is 2. The number of phosphoric ester groups is 2. The highest BCUT2D eigenvalue weighted by molar-refractivity contribution is 7.47. The first-order valence-corrected chi connectivity index (χ1v) is 43.8. The lowest BCUT2D eigenvalue weighted by atomic mass is 10.0. The molecule has 5 unspecified atom stereocenters. The minimum Gasteiger partial charge on any atom is -0.463 e. The first-order valence-electron chi connectivity index (χ1n) is 40.8. The highest BCUT2D eigenvalue weighted by atomic mass is 31.2. The normalized spacial score (nSPS) is 14.6. The van der Waals surface area contributed by atoms with Crippen molar-refractivity contribution in [3.8, 4) is 0 Å². The lowest BCUT2D eigenvalue weighted by molar-refractivity contribution is -0.161. The zero-order valence-corrected chi connectivity index (χ0v) is 66.7. The average Bonchev–Trinajstić information content (AvgIpc) is 0.923. The standard InChI is InChI=1S/C85H148O16P2/c1-4-7-10-13-16-19-22-25-27-29-31-33-35-37-38-39-40-42-44-45-47-49-51-54-56-59-62-65-68-71-83(88)95-74-80(86)75-97-102(91,92)98-76-81(87)77-99-103(93,94)100-79-82(101-85(90)73-70-67-64-61-58-53-24-21-18-15-12-9-6-3)78-96-84(89)72-69-66-63-60-57-55-52-50-48-46-43-41-36-34-32-30-28-26-23-20-17-14-11-8-5-2/h7,10,16-17,19-20,25-28,31-34,37-38,40-43,80-82,86-87H,4-6,8-9,11-15,18,21-24,29-30,35-36,39,44-79H2,1-3H3,(H,91,92)(H,93,94)/b10-7-,19-16-,20-17-,27-25-,28-26-,33-31-,34-32-,38-37-,42-40-,43-41-. The van der Waals surface area contributed by atoms with Crippen LogP contribution in [-0.4, -0.2) is 95.9 Å². The maximum Gasteiger partial charge on any atom is 0.472 e. The van der Waals surface area contributed by atoms with Crippen molar-refractivity contribution in [2.75, 3.05) is 39.6 Å². The summed E-state index contributed by atoms with van der Waals surface area (Å²) in [5, 5.41) is 20.6. The minimum atomic E-state index is -4.93. The quantitative estimate of drug-likeness (QED) is 0.0146. The van der Waals surface area contributed by atoms with E-state index in [1.807, 2.05) is 0 Å². The Labute approximate surface area is 627 Å². The van der Waals surface area contributed by atoms with Crippen molar-refractivity contribution in [1.82, 2.24) is 0 Å². The summed E-state index contributed by atoms with van der Waals surface area (Å²) in [5.74, 6) is -1.57. The van der Waals surface area contributed by atoms with Gasteiger partial charge < -0.3 is 34.2 Å². The molecule has 0 aliphatic rings. The molecule has 0 saturated heterocycles. The topological polar surface area (TPSA) is 231 Å². The molecule has 0 amide bonds. The molecule has 0 saturated carbocycles. The van der Waals surface area contributed by atoms with Crippen LogP contribution in [0.4, 0.5) is 0 Å². The molecule has 0 radical (unpaired) electrons. The number of hydrogen-bond donors (Lipinski definition) is 4. The number of unbranched alkanes of at least 4 members (excludes halogenated alkanes) is 34. The van der Waals surface area contributed by atoms with Gasteiger partial charge in [0, 0.05) is 19.3 Å². The number of carbonyl (C=O) groups is 3. The van der Waals surface area contributed by atoms with Crippen molar-refractivity contribution in [3.05, 3.63) is 122 Å². The van der Waals surface area contributed by atoms with Gasteiger partial charge in [-0.2, -0.15) is 0 Å². The SMILES string of the molecule is CC/C=C\C/C=C\C/C=C\C/C=C\C/C=C\C/C=C\CCCCCCCCCCCCC(=O)OCC(O)COP(=O)(O)OCC(O)COP(=O)(O)OCC(COC(=O)CCCCCCCCCCC/C=C\C/C=C\C/C=C\C/C=C\CCCCC)OC(=O)CCCCCCCCCCCCCCC. The smallest absolute Gasteiger partial charge is 0.463 e. The van der Waals surface area contributed by atoms with Crippen LogP contribution in [0.3, 0.4) is 0 Å². The molecular weight excluding hydrogens is 1340 g/mol. The Morgan fingerprint density at radius 3 is 0.835 bits per heavy atom. The van der Waals surface area contributed by atoms with Crippen LogP contribution in [0, 0.1) is 0 Å². The highest BCUT2D eigenvalue weighted by Crippen LogP contribution is 2.45. The fourth-order valence-electron chi connectivity index (χ4n) is 11.0. The summed E-state index contributed by atoms with van der Waals surface area (Å²) < 4.78 is 61.2. The van der Waals surface area contributed by atoms with Gasteiger partial charge in [-0.25, -0.2) is 9.13 Å². The van der Waals surface area contributed by atoms with Crippen molar-refractivity contribution in [3.63, 3.8) is 0 Å². The van der Waals surface area contributed by atoms with Gasteiger partial charge in [-0.15, -0.1) is 0 Å². The van der Waals surface area contributed by atoms with Gasteiger partial charge in [0.1, 0.15) is 25.4 Å². The molecule has 0 heterocycles. The lowest BCUT2D eigenvalue weighted by Gasteiger charge is -2.21. The summed E-state index contributed by atoms with van der Waals surface area (Å²) >= 11 is 0. The number of rotatable bonds is 77. The molecule has 0 spiro atoms. The second-order valence-corrected chi connectivity index (χ2v) is 30.1. The second-order valence-electron chi connectivity index (χ2n) is 27.2. The predicted octanol–water partition coefficient (Wildman–Crippen LogP) is 24.1. The third kappa shape index (κ3) is 78.8. The number of esters is 3. The molecule has 5 atom stereocenters. The van der Waals surface area contributed by atoms with E-state index in [2.05, 4.69) is 142 Å². The highest BCUT2D eigenvalue weighted by Gasteiger charge is 2.29. The number of carbonyl (C=O) groups excluding carboxylic acids is 3. The molecule has 4 N–H and O–H groups in total. The minimum absolute atomic E-state index is 0.106. The summed E-state index contributed by atoms with van der Waals surface area (Å²) in [4.78, 5) is 58.7. The third-order valence-electron chi connectivity index (χ3n) is 17.2. The van der Waals surface area contributed by atoms with Gasteiger partial charge in [-0.3, -0.25) is 32.5 Å². The number of aliphatic hydroxyl groups is 2. The summed E-state index contributed by atoms with van der Waals surface area (Å²) in [5.41, 5.74) is 0. The van der Waals surface area contributed by atoms with Crippen LogP contribution >= 0.6 is 15.6 Å². The van der Waals surface area contributed by atoms with E-state index >= 15 is 0 Å². The second kappa shape index (κ2) is 77.6. The molecule has 0 aromatic rings. The maximum absolute atomic E-state index is 13.0. The summed E-state index contributed by atoms with van der Waals surface area (Å²) in [6.45, 7) is 2.56. The molecule has 0 aromatic carbocycles. The van der Waals surface area contributed by atoms with E-state index < -0.39 is 91.5 Å². The number of ether oxygens (including phenoxy) is 3. The largest absolute Gasteiger partial charge is 0.472 e. The van der Waals surface area contributed by atoms with Gasteiger partial charge >= 0.3 is 33.6 Å². The van der Waals surface area contributed by atoms with Crippen LogP contribution in [0.2, 0.25) is 0 Å². The van der Waals surface area contributed by atoms with E-state index in [4.69, 9.17) is 32.3 Å². The zero-order chi connectivity index (χ0) is 75.2. The van der Waals surface area contributed by atoms with E-state index in [1.54, 1.807) is 0 Å². The summed E-state index contributed by atoms with van der Waals surface area (Å²) in [6, 6.07) is 0. The molecule has 16 nitrogen and oxygen atoms in total. The van der Waals surface area contributed by atoms with E-state index in [1.165, 1.54) is 135 Å². The zero-order valence-electron chi connectivity index (χ0n) is 65.0. The first-order chi connectivity index (χ1) is 50.2. The molecule has 0 aromatic heterocycles. The van der Waals surface area contributed by atoms with Crippen LogP contribution in [0.25, 0.3) is 0 Å². The fraction of sp³-hybridized carbons (Fsp3) is 0.729. The Hall–Kier alpha value is -4.05. The molecule has 0 rings (SSSR count). The van der Waals surface area contributed by atoms with Crippen LogP contribution in [0.1, 0.15) is 342 Å². The number of hydrogen-bond acceptors (Lipinski definition) is 14. The monoisotopic (exact) mass is 1490 g/mol. The van der Waals surface area contributed by atoms with Gasteiger partial charge in [-0.05, 0) is 116 Å². The average molecular weight is 1490 g/mol. The molecule has 0 fully saturated rings. The van der Waals surface area contributed by atoms with Crippen molar-refractivity contribution >= 4 is 33.6 Å². The van der Waals surface area contributed by atoms with E-state index in [0.717, 1.165) is 148 Å². The van der Waals surface area contributed by atoms with Crippen molar-refractivity contribution in [1.29, 1.82) is 0 Å². The van der Waals surface area contributed by atoms with E-state index in [0.29, 0.717) is 19.3 Å². The molecule has 0 bridgehead atoms. The molecule has 103 heavy (non-hydrogen) atoms. The van der Waals surface area contributed by atoms with Gasteiger partial charge in [0.05, 0.1) is 26.4 Å². The predicted molar refractivity (Wildman–Crippen MR) is 427 cm³/mol. The van der Waals surface area contributed by atoms with Crippen molar-refractivity contribution < 1.29 is 75.8 Å². The van der Waals surface area contributed by atoms with Crippen LogP contribution in [0.15, 0.2) is 122 Å². The fourth-order valence-corrected chi connectivity index (χ4v) is 12.6. The Bertz CT molecular complexity index is 2360. The van der Waals surface area contributed by atoms with Crippen molar-refractivity contribution in [2.24, 2.45) is 0 Å². The van der Waals surface area contributed by atoms with Crippen LogP contribution in [-0.2, 0) is 55.8 Å². The Morgan fingerprint density at radius 1 is 0.282 bits per heavy atom. The summed E-state index contributed by atoms with van der Waals surface area (Å²) in [7, 11) is -9.79. The van der Waals surface area contributed by atoms with Gasteiger partial charge in [0.25, 0.3) is 0 Å². The van der Waals surface area contributed by atoms with E-state index in [9.17, 15) is 43.5 Å². The number of allylic oxidation sites excluding steroid dienone is 20. The van der Waals surface area contributed by atoms with Gasteiger partial charge in [0.15, 0.2) is 6.10 Å². The molecular formula is C85H148O16P2. The molecule has 594 valence electrons. The molecule has 18 heteroatoms. The van der Waals surface area contributed by atoms with Crippen LogP contribution < -0.4 is 0 Å². The molecule has 0 aliphatic carbocycles. The van der Waals surface area contributed by atoms with Gasteiger partial charge in [0.2, 0.25) is 0 Å².